The Kier molecular flexibility index (Phi) is 7.39. The van der Waals surface area contributed by atoms with Crippen LogP contribution in [0.4, 0.5) is 61.5 Å². The van der Waals surface area contributed by atoms with Crippen LogP contribution in [-0.2, 0) is 14.2 Å². The Morgan fingerprint density at radius 1 is 0.517 bits per heavy atom. The molecule has 0 aliphatic carbocycles. The van der Waals surface area contributed by atoms with Crippen LogP contribution in [0.5, 0.6) is 0 Å². The van der Waals surface area contributed by atoms with E-state index < -0.39 is 61.1 Å². The van der Waals surface area contributed by atoms with Gasteiger partial charge in [0.15, 0.2) is 13.2 Å². The number of alkyl halides is 14. The van der Waals surface area contributed by atoms with Crippen molar-refractivity contribution in [2.45, 2.75) is 36.0 Å². The van der Waals surface area contributed by atoms with Gasteiger partial charge in [0.1, 0.15) is 0 Å². The van der Waals surface area contributed by atoms with Crippen molar-refractivity contribution >= 4 is 0 Å². The van der Waals surface area contributed by atoms with Crippen molar-refractivity contribution in [3.05, 3.63) is 25.0 Å². The molecule has 0 aromatic carbocycles. The quantitative estimate of drug-likeness (QED) is 0.308. The Balaban J connectivity index is 4.81. The number of ether oxygens (including phenoxy) is 3. The molecule has 0 aliphatic heterocycles. The second-order valence-electron chi connectivity index (χ2n) is 4.98. The number of halogens is 14. The fourth-order valence-corrected chi connectivity index (χ4v) is 1.12. The fourth-order valence-electron chi connectivity index (χ4n) is 1.12. The van der Waals surface area contributed by atoms with Gasteiger partial charge >= 0.3 is 36.0 Å². The normalized spacial score (nSPS) is 14.4. The van der Waals surface area contributed by atoms with E-state index in [-0.39, 0.29) is 0 Å². The van der Waals surface area contributed by atoms with Gasteiger partial charge in [0.05, 0.1) is 0 Å². The van der Waals surface area contributed by atoms with E-state index in [1.807, 2.05) is 0 Å². The molecule has 0 saturated carbocycles. The zero-order valence-electron chi connectivity index (χ0n) is 13.3. The lowest BCUT2D eigenvalue weighted by Crippen LogP contribution is -2.54. The molecule has 0 saturated heterocycles. The molecule has 0 aromatic heterocycles. The Morgan fingerprint density at radius 2 is 0.759 bits per heavy atom. The van der Waals surface area contributed by atoms with E-state index in [1.54, 1.807) is 0 Å². The Hall–Kier alpha value is -2.10. The summed E-state index contributed by atoms with van der Waals surface area (Å²) in [6.07, 6.45) is -13.4. The SMILES string of the molecule is C=C(OCC(F)(F)C(F)(F)C(F)(F)F)OC(=C)OCC(F)(F)C(F)(F)C(F)(F)F. The minimum Gasteiger partial charge on any atom is -0.459 e. The summed E-state index contributed by atoms with van der Waals surface area (Å²) in [5.41, 5.74) is 0. The van der Waals surface area contributed by atoms with Gasteiger partial charge in [-0.05, 0) is 13.2 Å². The lowest BCUT2D eigenvalue weighted by atomic mass is 10.2. The first kappa shape index (κ1) is 26.9. The number of hydrogen-bond donors (Lipinski definition) is 0. The molecule has 0 amide bonds. The van der Waals surface area contributed by atoms with E-state index in [2.05, 4.69) is 27.4 Å². The lowest BCUT2D eigenvalue weighted by molar-refractivity contribution is -0.362. The summed E-state index contributed by atoms with van der Waals surface area (Å²) in [5, 5.41) is 0. The van der Waals surface area contributed by atoms with Crippen LogP contribution in [0, 0.1) is 0 Å². The first-order chi connectivity index (χ1) is 12.5. The number of rotatable bonds is 10. The second-order valence-corrected chi connectivity index (χ2v) is 4.98. The maximum Gasteiger partial charge on any atom is 0.460 e. The Bertz CT molecular complexity index is 552. The average molecular weight is 466 g/mol. The van der Waals surface area contributed by atoms with Crippen LogP contribution in [0.15, 0.2) is 25.0 Å². The van der Waals surface area contributed by atoms with E-state index in [0.717, 1.165) is 0 Å². The van der Waals surface area contributed by atoms with Crippen LogP contribution in [-0.4, -0.2) is 49.3 Å². The highest BCUT2D eigenvalue weighted by Gasteiger charge is 2.74. The molecule has 0 aliphatic rings. The monoisotopic (exact) mass is 466 g/mol. The van der Waals surface area contributed by atoms with Crippen molar-refractivity contribution in [3.63, 3.8) is 0 Å². The third kappa shape index (κ3) is 5.94. The zero-order valence-corrected chi connectivity index (χ0v) is 13.3. The largest absolute Gasteiger partial charge is 0.460 e. The topological polar surface area (TPSA) is 27.7 Å². The minimum atomic E-state index is -6.69. The summed E-state index contributed by atoms with van der Waals surface area (Å²) in [5.74, 6) is -28.1. The van der Waals surface area contributed by atoms with E-state index in [0.29, 0.717) is 0 Å². The molecule has 0 aromatic rings. The van der Waals surface area contributed by atoms with Crippen LogP contribution >= 0.6 is 0 Å². The highest BCUT2D eigenvalue weighted by atomic mass is 19.4. The Morgan fingerprint density at radius 3 is 0.966 bits per heavy atom. The highest BCUT2D eigenvalue weighted by Crippen LogP contribution is 2.47. The first-order valence-electron chi connectivity index (χ1n) is 6.45. The maximum atomic E-state index is 12.9. The van der Waals surface area contributed by atoms with Crippen LogP contribution < -0.4 is 0 Å². The molecule has 0 unspecified atom stereocenters. The first-order valence-corrected chi connectivity index (χ1v) is 6.45. The molecule has 0 heterocycles. The molecule has 29 heavy (non-hydrogen) atoms. The summed E-state index contributed by atoms with van der Waals surface area (Å²) in [6.45, 7) is -0.401. The molecule has 3 nitrogen and oxygen atoms in total. The van der Waals surface area contributed by atoms with Crippen molar-refractivity contribution < 1.29 is 75.7 Å². The molecule has 172 valence electrons. The summed E-state index contributed by atoms with van der Waals surface area (Å²) >= 11 is 0. The van der Waals surface area contributed by atoms with Crippen LogP contribution in [0.1, 0.15) is 0 Å². The predicted octanol–water partition coefficient (Wildman–Crippen LogP) is 5.64. The van der Waals surface area contributed by atoms with Gasteiger partial charge in [-0.2, -0.15) is 61.5 Å². The van der Waals surface area contributed by atoms with Crippen molar-refractivity contribution in [2.24, 2.45) is 0 Å². The molecule has 0 atom stereocenters. The standard InChI is InChI=1S/C12H8F14O3/c1-5(27-3-7(13,14)9(17,18)11(21,22)23)29-6(2)28-4-8(15,16)10(19,20)12(24,25)26/h1-4H2. The van der Waals surface area contributed by atoms with E-state index >= 15 is 0 Å². The predicted molar refractivity (Wildman–Crippen MR) is 63.2 cm³/mol. The molecule has 0 N–H and O–H groups in total. The molecular weight excluding hydrogens is 458 g/mol. The molecule has 17 heteroatoms. The second kappa shape index (κ2) is 7.97. The van der Waals surface area contributed by atoms with Crippen LogP contribution in [0.3, 0.4) is 0 Å². The lowest BCUT2D eigenvalue weighted by Gasteiger charge is -2.28. The van der Waals surface area contributed by atoms with Gasteiger partial charge in [-0.25, -0.2) is 0 Å². The van der Waals surface area contributed by atoms with Crippen molar-refractivity contribution in [1.29, 1.82) is 0 Å². The maximum absolute atomic E-state index is 12.9. The third-order valence-electron chi connectivity index (χ3n) is 2.69. The van der Waals surface area contributed by atoms with E-state index in [1.165, 1.54) is 0 Å². The highest BCUT2D eigenvalue weighted by molar-refractivity contribution is 4.94. The van der Waals surface area contributed by atoms with Gasteiger partial charge in [0, 0.05) is 0 Å². The van der Waals surface area contributed by atoms with Gasteiger partial charge in [-0.15, -0.1) is 0 Å². The minimum absolute atomic E-state index is 1.61. The van der Waals surface area contributed by atoms with E-state index in [4.69, 9.17) is 0 Å². The van der Waals surface area contributed by atoms with Gasteiger partial charge in [-0.3, -0.25) is 0 Å². The van der Waals surface area contributed by atoms with E-state index in [9.17, 15) is 61.5 Å². The van der Waals surface area contributed by atoms with Gasteiger partial charge < -0.3 is 14.2 Å². The van der Waals surface area contributed by atoms with Crippen molar-refractivity contribution in [2.75, 3.05) is 13.2 Å². The van der Waals surface area contributed by atoms with Gasteiger partial charge in [-0.1, -0.05) is 0 Å². The van der Waals surface area contributed by atoms with Gasteiger partial charge in [0.25, 0.3) is 11.9 Å². The average Bonchev–Trinajstić information content (AvgIpc) is 2.48. The molecule has 0 fully saturated rings. The summed E-state index contributed by atoms with van der Waals surface area (Å²) in [4.78, 5) is 0. The van der Waals surface area contributed by atoms with Crippen molar-refractivity contribution in [1.82, 2.24) is 0 Å². The molecule has 0 bridgehead atoms. The summed E-state index contributed by atoms with van der Waals surface area (Å²) in [6, 6.07) is 0. The Labute approximate surface area is 151 Å². The third-order valence-corrected chi connectivity index (χ3v) is 2.69. The zero-order chi connectivity index (χ0) is 23.7. The van der Waals surface area contributed by atoms with Crippen molar-refractivity contribution in [3.8, 4) is 0 Å². The van der Waals surface area contributed by atoms with Gasteiger partial charge in [0.2, 0.25) is 0 Å². The summed E-state index contributed by atoms with van der Waals surface area (Å²) in [7, 11) is 0. The number of hydrogen-bond acceptors (Lipinski definition) is 3. The molecule has 0 radical (unpaired) electrons. The molecule has 0 rings (SSSR count). The summed E-state index contributed by atoms with van der Waals surface area (Å²) < 4.78 is 184. The van der Waals surface area contributed by atoms with Crippen LogP contribution in [0.2, 0.25) is 0 Å². The fraction of sp³-hybridized carbons (Fsp3) is 0.667. The smallest absolute Gasteiger partial charge is 0.459 e. The molecule has 0 spiro atoms. The van der Waals surface area contributed by atoms with Crippen LogP contribution in [0.25, 0.3) is 0 Å². The molecular formula is C12H8F14O3.